The molecule has 0 bridgehead atoms. The van der Waals surface area contributed by atoms with Gasteiger partial charge in [0.1, 0.15) is 58.8 Å². The highest BCUT2D eigenvalue weighted by Gasteiger charge is 2.49. The summed E-state index contributed by atoms with van der Waals surface area (Å²) in [7, 11) is 0. The molecule has 2 unspecified atom stereocenters. The molecule has 6 saturated heterocycles. The Morgan fingerprint density at radius 3 is 1.45 bits per heavy atom. The molecule has 4 atom stereocenters. The number of anilines is 2. The van der Waals surface area contributed by atoms with Crippen molar-refractivity contribution in [3.8, 4) is 0 Å². The number of likely N-dealkylation sites (tertiary alicyclic amines) is 1. The first-order valence-electron chi connectivity index (χ1n) is 45.1. The molecule has 6 fully saturated rings. The van der Waals surface area contributed by atoms with Crippen molar-refractivity contribution < 1.29 is 72.2 Å². The van der Waals surface area contributed by atoms with Crippen molar-refractivity contribution in [3.05, 3.63) is 177 Å². The summed E-state index contributed by atoms with van der Waals surface area (Å²) in [6.07, 6.45) is 19.2. The number of hydrogen-bond donors (Lipinski definition) is 9. The summed E-state index contributed by atoms with van der Waals surface area (Å²) in [5.74, 6) is -3.57. The van der Waals surface area contributed by atoms with E-state index in [-0.39, 0.29) is 73.0 Å². The third kappa shape index (κ3) is 22.6. The number of alkyl carbamates (subject to hydrolysis) is 1. The number of unbranched alkanes of at least 4 members (excludes halogenated alkanes) is 4. The number of ether oxygens (including phenoxy) is 1. The van der Waals surface area contributed by atoms with Crippen LogP contribution in [-0.2, 0) is 55.9 Å². The summed E-state index contributed by atoms with van der Waals surface area (Å²) < 4.78 is 5.61. The lowest BCUT2D eigenvalue weighted by Crippen LogP contribution is -2.64. The molecule has 8 aliphatic heterocycles. The van der Waals surface area contributed by atoms with Crippen molar-refractivity contribution in [2.24, 2.45) is 5.73 Å². The summed E-state index contributed by atoms with van der Waals surface area (Å²) in [5, 5.41) is 25.8. The van der Waals surface area contributed by atoms with Crippen LogP contribution in [0.25, 0.3) is 22.1 Å². The van der Waals surface area contributed by atoms with Crippen molar-refractivity contribution >= 4 is 134 Å². The lowest BCUT2D eigenvalue weighted by molar-refractivity contribution is -0.138. The molecule has 12 heterocycles. The SMILES string of the molecule is CC(C)(C)OC(=O)NC1(C(=O)N[C@@H](CCN2CCCCC2)c2ccc(Cl)cc2)CCN(c2ncnc3[nH]ccc23)CC1.NC1(C(=O)N[C@@H](CCN2CCN(C(=O)CCCCCc3cccc4c3C(=O)N(C3CCC(=O)NC3=O)C4=O)CC2)c2ccc(Cl)cc2)CCN(c2ncnc3[nH]ccc23)CC1.O=C(O)CCCCCc1cccc2c1C(=O)N(C1CCC(=O)NC1=O)C2=O. The van der Waals surface area contributed by atoms with Crippen LogP contribution < -0.4 is 42.1 Å². The number of carboxylic acids is 1. The smallest absolute Gasteiger partial charge is 0.408 e. The van der Waals surface area contributed by atoms with Gasteiger partial charge >= 0.3 is 12.1 Å². The number of piperidine rings is 5. The first-order valence-corrected chi connectivity index (χ1v) is 45.9. The number of hydrogen-bond acceptors (Lipinski definition) is 23. The van der Waals surface area contributed by atoms with Crippen molar-refractivity contribution in [2.75, 3.05) is 88.3 Å². The molecule has 0 spiro atoms. The van der Waals surface area contributed by atoms with Crippen LogP contribution in [0.15, 0.2) is 122 Å². The van der Waals surface area contributed by atoms with Gasteiger partial charge in [0.25, 0.3) is 23.6 Å². The lowest BCUT2D eigenvalue weighted by atomic mass is 9.85. The van der Waals surface area contributed by atoms with E-state index in [2.05, 4.69) is 76.1 Å². The molecule has 130 heavy (non-hydrogen) atoms. The molecule has 0 aliphatic carbocycles. The number of carbonyl (C=O) groups excluding carboxylic acids is 12. The van der Waals surface area contributed by atoms with Gasteiger partial charge in [-0.3, -0.25) is 82.9 Å². The highest BCUT2D eigenvalue weighted by atomic mass is 35.5. The van der Waals surface area contributed by atoms with Crippen molar-refractivity contribution in [3.63, 3.8) is 0 Å². The van der Waals surface area contributed by atoms with E-state index >= 15 is 0 Å². The molecule has 36 heteroatoms. The number of nitrogens with zero attached hydrogens (tertiary/aromatic N) is 11. The molecular weight excluding hydrogens is 1710 g/mol. The van der Waals surface area contributed by atoms with Gasteiger partial charge in [-0.15, -0.1) is 0 Å². The van der Waals surface area contributed by atoms with Crippen LogP contribution in [0.3, 0.4) is 0 Å². The normalized spacial score (nSPS) is 19.3. The average molecular weight is 1820 g/mol. The Labute approximate surface area is 763 Å². The second kappa shape index (κ2) is 42.2. The van der Waals surface area contributed by atoms with E-state index in [1.807, 2.05) is 105 Å². The number of nitrogens with two attached hydrogens (primary N) is 1. The molecule has 34 nitrogen and oxygen atoms in total. The second-order valence-corrected chi connectivity index (χ2v) is 36.5. The largest absolute Gasteiger partial charge is 0.481 e. The molecule has 4 aromatic heterocycles. The van der Waals surface area contributed by atoms with Gasteiger partial charge in [-0.25, -0.2) is 24.7 Å². The van der Waals surface area contributed by atoms with Crippen LogP contribution >= 0.6 is 23.2 Å². The highest BCUT2D eigenvalue weighted by Crippen LogP contribution is 2.37. The molecule has 688 valence electrons. The van der Waals surface area contributed by atoms with Crippen molar-refractivity contribution in [2.45, 2.75) is 209 Å². The number of carboxylic acid groups (broad SMARTS) is 1. The number of aromatic nitrogens is 6. The Hall–Kier alpha value is -12.1. The maximum atomic E-state index is 14.3. The Bertz CT molecular complexity index is 5520. The van der Waals surface area contributed by atoms with Gasteiger partial charge in [0.15, 0.2) is 0 Å². The number of aliphatic carboxylic acids is 1. The predicted molar refractivity (Wildman–Crippen MR) is 485 cm³/mol. The lowest BCUT2D eigenvalue weighted by Gasteiger charge is -2.42. The number of H-pyrrole nitrogens is 2. The maximum absolute atomic E-state index is 14.3. The van der Waals surface area contributed by atoms with E-state index in [0.717, 1.165) is 124 Å². The third-order valence-corrected chi connectivity index (χ3v) is 26.2. The second-order valence-electron chi connectivity index (χ2n) is 35.7. The fourth-order valence-corrected chi connectivity index (χ4v) is 18.8. The minimum absolute atomic E-state index is 0.0692. The van der Waals surface area contributed by atoms with Crippen LogP contribution in [0.5, 0.6) is 0 Å². The quantitative estimate of drug-likeness (QED) is 0.0155. The van der Waals surface area contributed by atoms with Crippen LogP contribution in [-0.4, -0.2) is 244 Å². The molecular formula is C94H113Cl2N19O15. The van der Waals surface area contributed by atoms with Gasteiger partial charge in [-0.1, -0.05) is 91.0 Å². The number of aromatic amines is 2. The monoisotopic (exact) mass is 1820 g/mol. The highest BCUT2D eigenvalue weighted by molar-refractivity contribution is 6.31. The topological polar surface area (TPSA) is 443 Å². The number of rotatable bonds is 29. The minimum atomic E-state index is -1.14. The van der Waals surface area contributed by atoms with Gasteiger partial charge in [0.05, 0.1) is 50.6 Å². The molecule has 10 N–H and O–H groups in total. The zero-order valence-corrected chi connectivity index (χ0v) is 75.0. The van der Waals surface area contributed by atoms with E-state index in [4.69, 9.17) is 38.8 Å². The van der Waals surface area contributed by atoms with Gasteiger partial charge in [0, 0.05) is 114 Å². The number of nitrogens with one attached hydrogen (secondary N) is 7. The molecule has 8 aromatic rings. The van der Waals surface area contributed by atoms with Crippen LogP contribution in [0.1, 0.15) is 231 Å². The number of aryl methyl sites for hydroxylation is 2. The number of halogens is 2. The Morgan fingerprint density at radius 1 is 0.531 bits per heavy atom. The van der Waals surface area contributed by atoms with Crippen molar-refractivity contribution in [1.82, 2.24) is 81.0 Å². The number of fused-ring (bicyclic) bond motifs is 4. The first-order chi connectivity index (χ1) is 62.5. The molecule has 4 aromatic carbocycles. The van der Waals surface area contributed by atoms with Gasteiger partial charge in [-0.05, 0) is 207 Å². The van der Waals surface area contributed by atoms with E-state index in [1.54, 1.807) is 43.0 Å². The molecule has 0 saturated carbocycles. The number of imide groups is 4. The summed E-state index contributed by atoms with van der Waals surface area (Å²) in [6, 6.07) is 26.8. The first kappa shape index (κ1) is 94.0. The number of amides is 12. The summed E-state index contributed by atoms with van der Waals surface area (Å²) in [4.78, 5) is 202. The zero-order chi connectivity index (χ0) is 92.0. The van der Waals surface area contributed by atoms with Gasteiger partial charge in [-0.2, -0.15) is 0 Å². The van der Waals surface area contributed by atoms with Gasteiger partial charge in [0.2, 0.25) is 41.4 Å². The van der Waals surface area contributed by atoms with E-state index < -0.39 is 88.1 Å². The summed E-state index contributed by atoms with van der Waals surface area (Å²) >= 11 is 12.4. The fraction of sp³-hybridized carbons (Fsp3) is 0.479. The Balaban J connectivity index is 0.000000171. The molecule has 8 aliphatic rings. The fourth-order valence-electron chi connectivity index (χ4n) is 18.5. The maximum Gasteiger partial charge on any atom is 0.408 e. The summed E-state index contributed by atoms with van der Waals surface area (Å²) in [5.41, 5.74) is 10.1. The van der Waals surface area contributed by atoms with Crippen LogP contribution in [0.2, 0.25) is 10.0 Å². The number of benzene rings is 4. The molecule has 0 radical (unpaired) electrons. The molecule has 12 amide bonds. The number of carbonyl (C=O) groups is 13. The van der Waals surface area contributed by atoms with Crippen LogP contribution in [0.4, 0.5) is 16.4 Å². The third-order valence-electron chi connectivity index (χ3n) is 25.7. The Morgan fingerprint density at radius 2 is 0.985 bits per heavy atom. The standard InChI is InChI=1S/C44H51ClN10O6.C31H42ClN7O3.C19H20N2O6/c45-30-11-9-28(10-12-30)33(50-43(61)44(46)17-21-54(22-18-44)39-32-15-19-47-38(32)48-27-49-39)16-20-52-23-25-53(26-24-52)36(57)8-3-1-2-5-29-6-4-7-31-37(29)42(60)55(41(31)59)34-13-14-35(56)51-40(34)58;1-30(2,3)42-29(41)37-31(13-19-39(20-14-31)27-24-11-15-33-26(24)34-21-35-27)28(40)36-25(22-7-9-23(32)10-8-22)12-18-38-16-5-4-6-17-38;22-14-10-9-13(17(25)20-14)21-18(26)12-7-4-6-11(16(12)19(21)27)5-2-1-3-8-15(23)24/h4,6-7,9-12,15,19,27,33-34H,1-3,5,8,13-14,16-18,20-26,46H2,(H,50,61)(H,47,48,49)(H,51,56,58);7-11,15,21,25H,4-6,12-14,16-20H2,1-3H3,(H,36,40)(H,37,41)(H,33,34,35);4,6-7,13H,1-3,5,8-10H2,(H,23,24)(H,20,22,25)/t33-,34?;25-;/m00./s1. The number of piperazine rings is 1. The summed E-state index contributed by atoms with van der Waals surface area (Å²) in [6.45, 7) is 14.1. The van der Waals surface area contributed by atoms with Crippen LogP contribution in [0, 0.1) is 0 Å². The Kier molecular flexibility index (Phi) is 30.5. The zero-order valence-electron chi connectivity index (χ0n) is 73.5. The van der Waals surface area contributed by atoms with Crippen molar-refractivity contribution in [1.29, 1.82) is 0 Å². The molecule has 16 rings (SSSR count). The van der Waals surface area contributed by atoms with Gasteiger partial charge < -0.3 is 61.1 Å². The van der Waals surface area contributed by atoms with E-state index in [1.165, 1.54) is 19.3 Å². The predicted octanol–water partition coefficient (Wildman–Crippen LogP) is 9.99. The minimum Gasteiger partial charge on any atom is -0.481 e. The average Bonchev–Trinajstić information content (AvgIpc) is 1.61. The van der Waals surface area contributed by atoms with E-state index in [0.29, 0.717) is 137 Å². The van der Waals surface area contributed by atoms with E-state index in [9.17, 15) is 62.3 Å².